The molecular weight excluding hydrogens is 304 g/mol. The van der Waals surface area contributed by atoms with Crippen LogP contribution in [0.5, 0.6) is 11.5 Å². The minimum atomic E-state index is 0.245. The molecule has 2 aromatic carbocycles. The SMILES string of the molecule is NCCc1ccc(OCc2cn(Cc3cccc(O)c3)nn2)cc1. The Labute approximate surface area is 140 Å². The lowest BCUT2D eigenvalue weighted by atomic mass is 10.1. The molecule has 0 bridgehead atoms. The summed E-state index contributed by atoms with van der Waals surface area (Å²) in [6.07, 6.45) is 2.70. The number of ether oxygens (including phenoxy) is 1. The fourth-order valence-electron chi connectivity index (χ4n) is 2.40. The van der Waals surface area contributed by atoms with E-state index in [0.29, 0.717) is 19.7 Å². The van der Waals surface area contributed by atoms with Crippen molar-refractivity contribution in [2.75, 3.05) is 6.54 Å². The lowest BCUT2D eigenvalue weighted by Gasteiger charge is -2.05. The first-order valence-corrected chi connectivity index (χ1v) is 7.81. The van der Waals surface area contributed by atoms with Gasteiger partial charge in [-0.1, -0.05) is 29.5 Å². The van der Waals surface area contributed by atoms with Gasteiger partial charge in [-0.05, 0) is 48.4 Å². The van der Waals surface area contributed by atoms with E-state index in [0.717, 1.165) is 23.4 Å². The maximum atomic E-state index is 9.49. The number of aromatic nitrogens is 3. The molecule has 0 aliphatic heterocycles. The number of nitrogens with two attached hydrogens (primary N) is 1. The Morgan fingerprint density at radius 1 is 1.08 bits per heavy atom. The standard InChI is InChI=1S/C18H20N4O2/c19-9-8-14-4-6-18(7-5-14)24-13-16-12-22(21-20-16)11-15-2-1-3-17(23)10-15/h1-7,10,12,23H,8-9,11,13,19H2. The number of hydrogen-bond acceptors (Lipinski definition) is 5. The van der Waals surface area contributed by atoms with Gasteiger partial charge in [0, 0.05) is 0 Å². The van der Waals surface area contributed by atoms with Crippen molar-refractivity contribution in [2.24, 2.45) is 5.73 Å². The molecule has 0 atom stereocenters. The second kappa shape index (κ2) is 7.61. The van der Waals surface area contributed by atoms with Crippen LogP contribution in [-0.2, 0) is 19.6 Å². The molecule has 3 rings (SSSR count). The Morgan fingerprint density at radius 3 is 2.67 bits per heavy atom. The van der Waals surface area contributed by atoms with Crippen LogP contribution < -0.4 is 10.5 Å². The summed E-state index contributed by atoms with van der Waals surface area (Å²) in [5.74, 6) is 1.03. The van der Waals surface area contributed by atoms with E-state index in [1.54, 1.807) is 22.9 Å². The fraction of sp³-hybridized carbons (Fsp3) is 0.222. The van der Waals surface area contributed by atoms with Gasteiger partial charge in [-0.2, -0.15) is 0 Å². The van der Waals surface area contributed by atoms with E-state index in [2.05, 4.69) is 10.3 Å². The van der Waals surface area contributed by atoms with Crippen LogP contribution in [0.1, 0.15) is 16.8 Å². The zero-order valence-corrected chi connectivity index (χ0v) is 13.3. The average Bonchev–Trinajstić information content (AvgIpc) is 3.02. The van der Waals surface area contributed by atoms with Gasteiger partial charge in [0.2, 0.25) is 0 Å². The molecule has 0 fully saturated rings. The Hall–Kier alpha value is -2.86. The Balaban J connectivity index is 1.56. The normalized spacial score (nSPS) is 10.7. The molecule has 0 spiro atoms. The third-order valence-corrected chi connectivity index (χ3v) is 3.58. The van der Waals surface area contributed by atoms with Gasteiger partial charge in [0.05, 0.1) is 12.7 Å². The van der Waals surface area contributed by atoms with Gasteiger partial charge in [-0.3, -0.25) is 0 Å². The average molecular weight is 324 g/mol. The first-order valence-electron chi connectivity index (χ1n) is 7.81. The van der Waals surface area contributed by atoms with Crippen LogP contribution in [0.4, 0.5) is 0 Å². The van der Waals surface area contributed by atoms with Crippen LogP contribution >= 0.6 is 0 Å². The minimum Gasteiger partial charge on any atom is -0.508 e. The predicted molar refractivity (Wildman–Crippen MR) is 90.8 cm³/mol. The summed E-state index contributed by atoms with van der Waals surface area (Å²) in [6, 6.07) is 15.0. The van der Waals surface area contributed by atoms with E-state index >= 15 is 0 Å². The van der Waals surface area contributed by atoms with Crippen LogP contribution in [0.25, 0.3) is 0 Å². The van der Waals surface area contributed by atoms with Crippen LogP contribution in [0.2, 0.25) is 0 Å². The van der Waals surface area contributed by atoms with E-state index in [9.17, 15) is 5.11 Å². The largest absolute Gasteiger partial charge is 0.508 e. The highest BCUT2D eigenvalue weighted by atomic mass is 16.5. The second-order valence-corrected chi connectivity index (χ2v) is 5.55. The van der Waals surface area contributed by atoms with Crippen LogP contribution in [0, 0.1) is 0 Å². The first-order chi connectivity index (χ1) is 11.7. The summed E-state index contributed by atoms with van der Waals surface area (Å²) >= 11 is 0. The van der Waals surface area contributed by atoms with Crippen molar-refractivity contribution < 1.29 is 9.84 Å². The molecule has 24 heavy (non-hydrogen) atoms. The Morgan fingerprint density at radius 2 is 1.92 bits per heavy atom. The number of hydrogen-bond donors (Lipinski definition) is 2. The van der Waals surface area contributed by atoms with Crippen molar-refractivity contribution in [1.29, 1.82) is 0 Å². The smallest absolute Gasteiger partial charge is 0.134 e. The predicted octanol–water partition coefficient (Wildman–Crippen LogP) is 2.11. The highest BCUT2D eigenvalue weighted by molar-refractivity contribution is 5.28. The second-order valence-electron chi connectivity index (χ2n) is 5.55. The fourth-order valence-corrected chi connectivity index (χ4v) is 2.40. The molecular formula is C18H20N4O2. The number of aromatic hydroxyl groups is 1. The molecule has 0 amide bonds. The molecule has 1 heterocycles. The number of phenols is 1. The van der Waals surface area contributed by atoms with Crippen molar-refractivity contribution in [3.05, 3.63) is 71.5 Å². The highest BCUT2D eigenvalue weighted by Crippen LogP contribution is 2.15. The van der Waals surface area contributed by atoms with Crippen LogP contribution in [0.3, 0.4) is 0 Å². The molecule has 0 saturated heterocycles. The number of nitrogens with zero attached hydrogens (tertiary/aromatic N) is 3. The van der Waals surface area contributed by atoms with E-state index in [4.69, 9.17) is 10.5 Å². The lowest BCUT2D eigenvalue weighted by molar-refractivity contribution is 0.301. The zero-order valence-electron chi connectivity index (χ0n) is 13.3. The first kappa shape index (κ1) is 16.0. The Kier molecular flexibility index (Phi) is 5.08. The molecule has 0 unspecified atom stereocenters. The van der Waals surface area contributed by atoms with Crippen LogP contribution in [-0.4, -0.2) is 26.6 Å². The molecule has 6 heteroatoms. The number of rotatable bonds is 7. The molecule has 124 valence electrons. The van der Waals surface area contributed by atoms with Gasteiger partial charge in [-0.15, -0.1) is 5.10 Å². The Bertz CT molecular complexity index is 784. The third kappa shape index (κ3) is 4.33. The van der Waals surface area contributed by atoms with Gasteiger partial charge in [0.1, 0.15) is 23.8 Å². The van der Waals surface area contributed by atoms with Gasteiger partial charge in [0.15, 0.2) is 0 Å². The van der Waals surface area contributed by atoms with Crippen LogP contribution in [0.15, 0.2) is 54.7 Å². The molecule has 3 N–H and O–H groups in total. The maximum Gasteiger partial charge on any atom is 0.134 e. The summed E-state index contributed by atoms with van der Waals surface area (Å²) in [7, 11) is 0. The van der Waals surface area contributed by atoms with Gasteiger partial charge in [0.25, 0.3) is 0 Å². The van der Waals surface area contributed by atoms with E-state index in [-0.39, 0.29) is 5.75 Å². The van der Waals surface area contributed by atoms with Crippen molar-refractivity contribution in [1.82, 2.24) is 15.0 Å². The maximum absolute atomic E-state index is 9.49. The quantitative estimate of drug-likeness (QED) is 0.695. The van der Waals surface area contributed by atoms with Crippen molar-refractivity contribution in [3.63, 3.8) is 0 Å². The third-order valence-electron chi connectivity index (χ3n) is 3.58. The van der Waals surface area contributed by atoms with Crippen molar-refractivity contribution in [3.8, 4) is 11.5 Å². The molecule has 6 nitrogen and oxygen atoms in total. The summed E-state index contributed by atoms with van der Waals surface area (Å²) in [5.41, 5.74) is 8.44. The zero-order chi connectivity index (χ0) is 16.8. The van der Waals surface area contributed by atoms with Gasteiger partial charge in [-0.25, -0.2) is 4.68 Å². The molecule has 0 aliphatic rings. The molecule has 0 saturated carbocycles. The molecule has 3 aromatic rings. The summed E-state index contributed by atoms with van der Waals surface area (Å²) in [5, 5.41) is 17.7. The monoisotopic (exact) mass is 324 g/mol. The lowest BCUT2D eigenvalue weighted by Crippen LogP contribution is -2.02. The molecule has 0 aliphatic carbocycles. The van der Waals surface area contributed by atoms with E-state index in [1.807, 2.05) is 36.5 Å². The summed E-state index contributed by atoms with van der Waals surface area (Å²) in [4.78, 5) is 0. The van der Waals surface area contributed by atoms with Gasteiger partial charge < -0.3 is 15.6 Å². The minimum absolute atomic E-state index is 0.245. The topological polar surface area (TPSA) is 86.2 Å². The van der Waals surface area contributed by atoms with E-state index < -0.39 is 0 Å². The number of benzene rings is 2. The van der Waals surface area contributed by atoms with E-state index in [1.165, 1.54) is 5.56 Å². The summed E-state index contributed by atoms with van der Waals surface area (Å²) in [6.45, 7) is 1.55. The number of phenolic OH excluding ortho intramolecular Hbond substituents is 1. The van der Waals surface area contributed by atoms with Crippen molar-refractivity contribution >= 4 is 0 Å². The molecule has 0 radical (unpaired) electrons. The molecule has 1 aromatic heterocycles. The van der Waals surface area contributed by atoms with Gasteiger partial charge >= 0.3 is 0 Å². The van der Waals surface area contributed by atoms with Crippen molar-refractivity contribution in [2.45, 2.75) is 19.6 Å². The highest BCUT2D eigenvalue weighted by Gasteiger charge is 2.04. The summed E-state index contributed by atoms with van der Waals surface area (Å²) < 4.78 is 7.44.